The fraction of sp³-hybridized carbons (Fsp3) is 0.938. The van der Waals surface area contributed by atoms with E-state index in [1.807, 2.05) is 20.8 Å². The van der Waals surface area contributed by atoms with Gasteiger partial charge in [0.2, 0.25) is 0 Å². The summed E-state index contributed by atoms with van der Waals surface area (Å²) in [6.45, 7) is 15.2. The van der Waals surface area contributed by atoms with E-state index in [1.54, 1.807) is 0 Å². The first-order valence-corrected chi connectivity index (χ1v) is 7.61. The molecule has 2 aliphatic heterocycles. The van der Waals surface area contributed by atoms with Crippen molar-refractivity contribution in [2.24, 2.45) is 0 Å². The van der Waals surface area contributed by atoms with Crippen LogP contribution in [0.2, 0.25) is 0 Å². The maximum Gasteiger partial charge on any atom is 0.167 e. The van der Waals surface area contributed by atoms with Crippen LogP contribution in [0, 0.1) is 0 Å². The highest BCUT2D eigenvalue weighted by atomic mass is 16.7. The van der Waals surface area contributed by atoms with Crippen molar-refractivity contribution >= 4 is 5.78 Å². The van der Waals surface area contributed by atoms with Gasteiger partial charge in [0.05, 0.1) is 12.2 Å². The third-order valence-electron chi connectivity index (χ3n) is 4.36. The van der Waals surface area contributed by atoms with Gasteiger partial charge in [0, 0.05) is 30.3 Å². The van der Waals surface area contributed by atoms with Gasteiger partial charge < -0.3 is 4.74 Å². The van der Waals surface area contributed by atoms with Crippen LogP contribution >= 0.6 is 0 Å². The summed E-state index contributed by atoms with van der Waals surface area (Å²) in [5.74, 6) is 0.250. The average Bonchev–Trinajstić information content (AvgIpc) is 2.40. The largest absolute Gasteiger partial charge is 0.361 e. The van der Waals surface area contributed by atoms with Gasteiger partial charge in [-0.1, -0.05) is 0 Å². The van der Waals surface area contributed by atoms with E-state index in [1.165, 1.54) is 0 Å². The van der Waals surface area contributed by atoms with Crippen molar-refractivity contribution in [1.82, 2.24) is 5.06 Å². The molecular formula is C16H29NO3. The minimum absolute atomic E-state index is 0.228. The number of hydrogen-bond donors (Lipinski definition) is 0. The van der Waals surface area contributed by atoms with Crippen LogP contribution in [-0.4, -0.2) is 39.7 Å². The predicted molar refractivity (Wildman–Crippen MR) is 78.4 cm³/mol. The first-order valence-electron chi connectivity index (χ1n) is 7.61. The molecule has 0 bridgehead atoms. The molecule has 0 atom stereocenters. The highest BCUT2D eigenvalue weighted by Gasteiger charge is 2.61. The SMILES string of the molecule is CCON1C(C)(C)CC2(CC1(C)C)OC(C)(C)CC2=O. The van der Waals surface area contributed by atoms with Gasteiger partial charge in [0.15, 0.2) is 5.78 Å². The molecule has 1 spiro atoms. The lowest BCUT2D eigenvalue weighted by Crippen LogP contribution is -2.66. The van der Waals surface area contributed by atoms with Gasteiger partial charge in [-0.25, -0.2) is 0 Å². The van der Waals surface area contributed by atoms with Crippen LogP contribution in [0.15, 0.2) is 0 Å². The molecule has 2 heterocycles. The minimum Gasteiger partial charge on any atom is -0.361 e. The Morgan fingerprint density at radius 1 is 1.10 bits per heavy atom. The molecule has 0 unspecified atom stereocenters. The van der Waals surface area contributed by atoms with E-state index in [0.717, 1.165) is 0 Å². The zero-order valence-electron chi connectivity index (χ0n) is 14.0. The number of piperidine rings is 1. The number of carbonyl (C=O) groups excluding carboxylic acids is 1. The van der Waals surface area contributed by atoms with Crippen molar-refractivity contribution in [1.29, 1.82) is 0 Å². The minimum atomic E-state index is -0.649. The highest BCUT2D eigenvalue weighted by Crippen LogP contribution is 2.51. The van der Waals surface area contributed by atoms with Crippen LogP contribution in [0.1, 0.15) is 67.7 Å². The van der Waals surface area contributed by atoms with Crippen molar-refractivity contribution in [2.75, 3.05) is 6.61 Å². The zero-order chi connectivity index (χ0) is 15.4. The Kier molecular flexibility index (Phi) is 3.60. The molecule has 4 heteroatoms. The van der Waals surface area contributed by atoms with Gasteiger partial charge in [0.25, 0.3) is 0 Å². The van der Waals surface area contributed by atoms with Gasteiger partial charge >= 0.3 is 0 Å². The number of hydroxylamine groups is 2. The third kappa shape index (κ3) is 2.53. The van der Waals surface area contributed by atoms with Gasteiger partial charge in [-0.05, 0) is 48.5 Å². The van der Waals surface area contributed by atoms with Crippen molar-refractivity contribution < 1.29 is 14.4 Å². The van der Waals surface area contributed by atoms with Crippen LogP contribution in [0.25, 0.3) is 0 Å². The number of nitrogens with zero attached hydrogens (tertiary/aromatic N) is 1. The predicted octanol–water partition coefficient (Wildman–Crippen LogP) is 3.10. The van der Waals surface area contributed by atoms with E-state index in [4.69, 9.17) is 9.57 Å². The maximum absolute atomic E-state index is 12.6. The van der Waals surface area contributed by atoms with E-state index < -0.39 is 5.60 Å². The van der Waals surface area contributed by atoms with Gasteiger partial charge in [-0.15, -0.1) is 0 Å². The molecule has 20 heavy (non-hydrogen) atoms. The maximum atomic E-state index is 12.6. The monoisotopic (exact) mass is 283 g/mol. The Balaban J connectivity index is 2.36. The third-order valence-corrected chi connectivity index (χ3v) is 4.36. The van der Waals surface area contributed by atoms with E-state index in [2.05, 4.69) is 32.8 Å². The number of ether oxygens (including phenoxy) is 1. The van der Waals surface area contributed by atoms with Crippen molar-refractivity contribution in [3.63, 3.8) is 0 Å². The van der Waals surface area contributed by atoms with Crippen molar-refractivity contribution in [3.05, 3.63) is 0 Å². The molecular weight excluding hydrogens is 254 g/mol. The quantitative estimate of drug-likeness (QED) is 0.780. The summed E-state index contributed by atoms with van der Waals surface area (Å²) in [6.07, 6.45) is 1.88. The van der Waals surface area contributed by atoms with Gasteiger partial charge in [-0.3, -0.25) is 9.63 Å². The smallest absolute Gasteiger partial charge is 0.167 e. The van der Waals surface area contributed by atoms with Gasteiger partial charge in [0.1, 0.15) is 5.60 Å². The summed E-state index contributed by atoms with van der Waals surface area (Å²) in [6, 6.07) is 0. The Morgan fingerprint density at radius 2 is 1.60 bits per heavy atom. The first-order chi connectivity index (χ1) is 8.94. The summed E-state index contributed by atoms with van der Waals surface area (Å²) >= 11 is 0. The summed E-state index contributed by atoms with van der Waals surface area (Å²) in [5, 5.41) is 2.06. The standard InChI is InChI=1S/C16H29NO3/c1-8-19-17-13(2,3)10-16(11-14(17,4)5)12(18)9-15(6,7)20-16/h8-11H2,1-7H3. The Morgan fingerprint density at radius 3 is 1.95 bits per heavy atom. The summed E-state index contributed by atoms with van der Waals surface area (Å²) in [5.41, 5.74) is -1.46. The van der Waals surface area contributed by atoms with Crippen LogP contribution in [-0.2, 0) is 14.4 Å². The van der Waals surface area contributed by atoms with Crippen molar-refractivity contribution in [2.45, 2.75) is 90.0 Å². The molecule has 2 rings (SSSR count). The highest BCUT2D eigenvalue weighted by molar-refractivity contribution is 5.90. The molecule has 0 saturated carbocycles. The molecule has 116 valence electrons. The molecule has 2 fully saturated rings. The lowest BCUT2D eigenvalue weighted by atomic mass is 9.70. The fourth-order valence-corrected chi connectivity index (χ4v) is 4.34. The van der Waals surface area contributed by atoms with Crippen molar-refractivity contribution in [3.8, 4) is 0 Å². The second kappa shape index (κ2) is 4.52. The van der Waals surface area contributed by atoms with Crippen LogP contribution < -0.4 is 0 Å². The van der Waals surface area contributed by atoms with Gasteiger partial charge in [-0.2, -0.15) is 5.06 Å². The zero-order valence-corrected chi connectivity index (χ0v) is 14.0. The molecule has 4 nitrogen and oxygen atoms in total. The average molecular weight is 283 g/mol. The molecule has 0 N–H and O–H groups in total. The number of ketones is 1. The van der Waals surface area contributed by atoms with E-state index in [0.29, 0.717) is 25.9 Å². The Bertz CT molecular complexity index is 394. The normalized spacial score (nSPS) is 30.9. The molecule has 2 aliphatic rings. The van der Waals surface area contributed by atoms with E-state index in [9.17, 15) is 4.79 Å². The number of rotatable bonds is 2. The number of Topliss-reactive ketones (excluding diaryl/α,β-unsaturated/α-hetero) is 1. The molecule has 0 aromatic heterocycles. The van der Waals surface area contributed by atoms with Crippen LogP contribution in [0.4, 0.5) is 0 Å². The summed E-state index contributed by atoms with van der Waals surface area (Å²) in [4.78, 5) is 18.5. The molecule has 0 amide bonds. The van der Waals surface area contributed by atoms with E-state index in [-0.39, 0.29) is 22.5 Å². The number of carbonyl (C=O) groups is 1. The second-order valence-corrected chi connectivity index (χ2v) is 8.15. The second-order valence-electron chi connectivity index (χ2n) is 8.15. The molecule has 2 saturated heterocycles. The lowest BCUT2D eigenvalue weighted by molar-refractivity contribution is -0.305. The lowest BCUT2D eigenvalue weighted by Gasteiger charge is -2.56. The fourth-order valence-electron chi connectivity index (χ4n) is 4.34. The molecule has 0 aromatic carbocycles. The molecule has 0 aliphatic carbocycles. The first kappa shape index (κ1) is 15.9. The summed E-state index contributed by atoms with van der Waals surface area (Å²) < 4.78 is 6.26. The molecule has 0 aromatic rings. The molecule has 0 radical (unpaired) electrons. The topological polar surface area (TPSA) is 38.8 Å². The number of hydrogen-bond acceptors (Lipinski definition) is 4. The Labute approximate surface area is 122 Å². The summed E-state index contributed by atoms with van der Waals surface area (Å²) in [7, 11) is 0. The van der Waals surface area contributed by atoms with Crippen LogP contribution in [0.3, 0.4) is 0 Å². The van der Waals surface area contributed by atoms with E-state index >= 15 is 0 Å². The van der Waals surface area contributed by atoms with Crippen LogP contribution in [0.5, 0.6) is 0 Å². The Hall–Kier alpha value is -0.450.